The Kier molecular flexibility index (Phi) is 7.24. The first-order valence-electron chi connectivity index (χ1n) is 12.7. The van der Waals surface area contributed by atoms with E-state index in [2.05, 4.69) is 37.8 Å². The number of nitrogens with one attached hydrogen (secondary N) is 4. The van der Waals surface area contributed by atoms with Gasteiger partial charge in [-0.2, -0.15) is 5.10 Å². The fourth-order valence-corrected chi connectivity index (χ4v) is 5.82. The lowest BCUT2D eigenvalue weighted by molar-refractivity contribution is -0.578. The zero-order valence-corrected chi connectivity index (χ0v) is 21.1. The standard InChI is InChI=1S/C26H33N7OS/c1-2-3-7-10-29-26(8-5-4-6-9-26)18-28-25(34)23-11-19(17-35-23)22-15-32-33-16-21(12-27-24(22)33)20-13-30-31-14-20/h11-17,29H,2-10,18H2,1H3,(H2,28,30,31,34)/p+1. The molecule has 0 radical (unpaired) electrons. The van der Waals surface area contributed by atoms with Gasteiger partial charge in [-0.1, -0.05) is 39.0 Å². The summed E-state index contributed by atoms with van der Waals surface area (Å²) in [6, 6.07) is 1.97. The molecule has 1 saturated carbocycles. The maximum atomic E-state index is 13.1. The Morgan fingerprint density at radius 3 is 2.83 bits per heavy atom. The molecule has 1 amide bonds. The van der Waals surface area contributed by atoms with Gasteiger partial charge in [-0.15, -0.1) is 15.9 Å². The molecule has 9 heteroatoms. The second-order valence-corrected chi connectivity index (χ2v) is 10.5. The molecule has 0 saturated heterocycles. The van der Waals surface area contributed by atoms with E-state index in [-0.39, 0.29) is 11.4 Å². The van der Waals surface area contributed by atoms with E-state index >= 15 is 0 Å². The maximum Gasteiger partial charge on any atom is 0.355 e. The minimum absolute atomic E-state index is 0.00394. The van der Waals surface area contributed by atoms with Crippen LogP contribution >= 0.6 is 11.3 Å². The number of amides is 1. The summed E-state index contributed by atoms with van der Waals surface area (Å²) in [6.07, 6.45) is 19.1. The molecule has 1 aliphatic rings. The smallest absolute Gasteiger partial charge is 0.349 e. The van der Waals surface area contributed by atoms with Gasteiger partial charge in [-0.05, 0) is 42.2 Å². The van der Waals surface area contributed by atoms with Crippen LogP contribution in [0.15, 0.2) is 42.4 Å². The molecule has 184 valence electrons. The van der Waals surface area contributed by atoms with Crippen LogP contribution in [0.4, 0.5) is 0 Å². The van der Waals surface area contributed by atoms with Crippen molar-refractivity contribution in [1.29, 1.82) is 0 Å². The fourth-order valence-electron chi connectivity index (χ4n) is 5.00. The summed E-state index contributed by atoms with van der Waals surface area (Å²) >= 11 is 1.48. The number of aromatic amines is 2. The Labute approximate surface area is 209 Å². The van der Waals surface area contributed by atoms with Gasteiger partial charge in [-0.3, -0.25) is 9.89 Å². The summed E-state index contributed by atoms with van der Waals surface area (Å²) in [5.74, 6) is 0.00394. The lowest BCUT2D eigenvalue weighted by atomic mass is 9.81. The number of carbonyl (C=O) groups excluding carboxylic acids is 1. The highest BCUT2D eigenvalue weighted by Crippen LogP contribution is 2.30. The van der Waals surface area contributed by atoms with Crippen LogP contribution in [0, 0.1) is 0 Å². The molecule has 0 bridgehead atoms. The Hall–Kier alpha value is -3.04. The van der Waals surface area contributed by atoms with E-state index in [9.17, 15) is 4.79 Å². The molecule has 8 nitrogen and oxygen atoms in total. The number of carbonyl (C=O) groups is 1. The number of thiophene rings is 1. The van der Waals surface area contributed by atoms with Crippen molar-refractivity contribution in [2.75, 3.05) is 13.1 Å². The van der Waals surface area contributed by atoms with Crippen molar-refractivity contribution in [2.45, 2.75) is 63.8 Å². The zero-order valence-electron chi connectivity index (χ0n) is 20.3. The molecule has 4 N–H and O–H groups in total. The number of aromatic nitrogens is 5. The highest BCUT2D eigenvalue weighted by Gasteiger charge is 2.32. The molecule has 0 atom stereocenters. The van der Waals surface area contributed by atoms with Gasteiger partial charge < -0.3 is 10.6 Å². The van der Waals surface area contributed by atoms with Crippen molar-refractivity contribution in [1.82, 2.24) is 30.9 Å². The summed E-state index contributed by atoms with van der Waals surface area (Å²) in [5.41, 5.74) is 4.77. The van der Waals surface area contributed by atoms with E-state index in [1.807, 2.05) is 40.7 Å². The first-order chi connectivity index (χ1) is 17.2. The molecule has 4 aromatic heterocycles. The largest absolute Gasteiger partial charge is 0.355 e. The van der Waals surface area contributed by atoms with Crippen LogP contribution < -0.4 is 15.1 Å². The number of nitrogens with zero attached hydrogens (tertiary/aromatic N) is 3. The first-order valence-corrected chi connectivity index (χ1v) is 13.6. The van der Waals surface area contributed by atoms with Gasteiger partial charge >= 0.3 is 5.65 Å². The van der Waals surface area contributed by atoms with Crippen molar-refractivity contribution in [3.63, 3.8) is 0 Å². The Balaban J connectivity index is 1.26. The molecule has 0 unspecified atom stereocenters. The molecule has 1 aliphatic carbocycles. The van der Waals surface area contributed by atoms with Gasteiger partial charge in [-0.25, -0.2) is 5.10 Å². The monoisotopic (exact) mass is 492 g/mol. The Morgan fingerprint density at radius 2 is 2.03 bits per heavy atom. The van der Waals surface area contributed by atoms with Gasteiger partial charge in [0.2, 0.25) is 0 Å². The molecule has 35 heavy (non-hydrogen) atoms. The summed E-state index contributed by atoms with van der Waals surface area (Å²) in [7, 11) is 0. The van der Waals surface area contributed by atoms with E-state index in [1.165, 1.54) is 49.9 Å². The summed E-state index contributed by atoms with van der Waals surface area (Å²) < 4.78 is 1.89. The Morgan fingerprint density at radius 1 is 1.14 bits per heavy atom. The quantitative estimate of drug-likeness (QED) is 0.194. The van der Waals surface area contributed by atoms with Crippen LogP contribution in [0.3, 0.4) is 0 Å². The number of unbranched alkanes of at least 4 members (excludes halogenated alkanes) is 2. The average molecular weight is 493 g/mol. The third kappa shape index (κ3) is 5.31. The SMILES string of the molecule is CCCCCNC1(CNC(=O)c2cc(-c3c[nH][n+]4cc(-c5cn[nH]c5)cnc34)cs2)CCCCC1. The minimum atomic E-state index is 0.00394. The number of rotatable bonds is 10. The van der Waals surface area contributed by atoms with Crippen molar-refractivity contribution >= 4 is 22.9 Å². The Bertz CT molecular complexity index is 1250. The van der Waals surface area contributed by atoms with E-state index in [4.69, 9.17) is 0 Å². The van der Waals surface area contributed by atoms with Gasteiger partial charge in [0.1, 0.15) is 6.20 Å². The van der Waals surface area contributed by atoms with Crippen molar-refractivity contribution in [3.8, 4) is 22.3 Å². The molecule has 0 spiro atoms. The average Bonchev–Trinajstić information content (AvgIpc) is 3.66. The van der Waals surface area contributed by atoms with Crippen molar-refractivity contribution in [3.05, 3.63) is 47.3 Å². The van der Waals surface area contributed by atoms with E-state index in [0.29, 0.717) is 6.54 Å². The van der Waals surface area contributed by atoms with Gasteiger partial charge in [0, 0.05) is 29.4 Å². The van der Waals surface area contributed by atoms with Crippen molar-refractivity contribution in [2.24, 2.45) is 0 Å². The predicted molar refractivity (Wildman–Crippen MR) is 138 cm³/mol. The lowest BCUT2D eigenvalue weighted by Gasteiger charge is -2.38. The second-order valence-electron chi connectivity index (χ2n) is 9.57. The van der Waals surface area contributed by atoms with Crippen LogP contribution in [0.25, 0.3) is 27.9 Å². The molecule has 4 aromatic rings. The number of hydrogen-bond acceptors (Lipinski definition) is 5. The normalized spacial score (nSPS) is 15.5. The van der Waals surface area contributed by atoms with Gasteiger partial charge in [0.25, 0.3) is 5.91 Å². The maximum absolute atomic E-state index is 13.1. The van der Waals surface area contributed by atoms with Crippen LogP contribution in [0.2, 0.25) is 0 Å². The number of fused-ring (bicyclic) bond motifs is 1. The van der Waals surface area contributed by atoms with Crippen LogP contribution in [0.5, 0.6) is 0 Å². The van der Waals surface area contributed by atoms with Gasteiger partial charge in [0.15, 0.2) is 6.20 Å². The van der Waals surface area contributed by atoms with Crippen molar-refractivity contribution < 1.29 is 9.31 Å². The lowest BCUT2D eigenvalue weighted by Crippen LogP contribution is -2.54. The predicted octanol–water partition coefficient (Wildman–Crippen LogP) is 4.48. The minimum Gasteiger partial charge on any atom is -0.349 e. The molecular formula is C26H34N7OS+. The van der Waals surface area contributed by atoms with Crippen LogP contribution in [-0.4, -0.2) is 44.8 Å². The third-order valence-electron chi connectivity index (χ3n) is 7.06. The number of H-pyrrole nitrogens is 2. The first kappa shape index (κ1) is 23.7. The van der Waals surface area contributed by atoms with E-state index < -0.39 is 0 Å². The molecule has 0 aliphatic heterocycles. The molecule has 5 rings (SSSR count). The molecule has 4 heterocycles. The third-order valence-corrected chi connectivity index (χ3v) is 7.98. The topological polar surface area (TPSA) is 103 Å². The number of hydrogen-bond donors (Lipinski definition) is 4. The molecule has 1 fully saturated rings. The van der Waals surface area contributed by atoms with Crippen LogP contribution in [0.1, 0.15) is 68.0 Å². The van der Waals surface area contributed by atoms with Gasteiger partial charge in [0.05, 0.1) is 28.4 Å². The summed E-state index contributed by atoms with van der Waals surface area (Å²) in [6.45, 7) is 3.95. The highest BCUT2D eigenvalue weighted by atomic mass is 32.1. The van der Waals surface area contributed by atoms with E-state index in [1.54, 1.807) is 6.20 Å². The zero-order chi connectivity index (χ0) is 24.1. The molecule has 0 aromatic carbocycles. The summed E-state index contributed by atoms with van der Waals surface area (Å²) in [5, 5.41) is 19.2. The summed E-state index contributed by atoms with van der Waals surface area (Å²) in [4.78, 5) is 18.5. The highest BCUT2D eigenvalue weighted by molar-refractivity contribution is 7.12. The second kappa shape index (κ2) is 10.7. The van der Waals surface area contributed by atoms with E-state index in [0.717, 1.165) is 52.2 Å². The molecular weight excluding hydrogens is 458 g/mol. The van der Waals surface area contributed by atoms with Crippen LogP contribution in [-0.2, 0) is 0 Å². The fraction of sp³-hybridized carbons (Fsp3) is 0.462.